The van der Waals surface area contributed by atoms with Crippen LogP contribution < -0.4 is 4.90 Å². The lowest BCUT2D eigenvalue weighted by Crippen LogP contribution is -2.49. The molecule has 6 heteroatoms. The van der Waals surface area contributed by atoms with Gasteiger partial charge in [0.2, 0.25) is 0 Å². The topological polar surface area (TPSA) is 62.7 Å². The van der Waals surface area contributed by atoms with Gasteiger partial charge in [0.05, 0.1) is 13.7 Å². The van der Waals surface area contributed by atoms with E-state index in [1.807, 2.05) is 12.1 Å². The van der Waals surface area contributed by atoms with Crippen molar-refractivity contribution in [2.75, 3.05) is 44.7 Å². The van der Waals surface area contributed by atoms with E-state index < -0.39 is 0 Å². The third kappa shape index (κ3) is 4.41. The van der Waals surface area contributed by atoms with Crippen LogP contribution in [0.15, 0.2) is 24.5 Å². The molecule has 3 heterocycles. The minimum absolute atomic E-state index is 0.128. The van der Waals surface area contributed by atoms with E-state index in [2.05, 4.69) is 19.5 Å². The number of likely N-dealkylation sites (tertiary alicyclic amines) is 1. The number of pyridine rings is 1. The number of esters is 1. The Bertz CT molecular complexity index is 622. The lowest BCUT2D eigenvalue weighted by Gasteiger charge is -2.39. The summed E-state index contributed by atoms with van der Waals surface area (Å²) in [5, 5.41) is 0. The Hall–Kier alpha value is -1.95. The average Bonchev–Trinajstić information content (AvgIpc) is 3.08. The fraction of sp³-hybridized carbons (Fsp3) is 0.650. The van der Waals surface area contributed by atoms with Crippen LogP contribution in [0.1, 0.15) is 38.5 Å². The molecule has 2 fully saturated rings. The number of aromatic nitrogens is 1. The first-order chi connectivity index (χ1) is 12.6. The summed E-state index contributed by atoms with van der Waals surface area (Å²) in [6, 6.07) is 3.95. The Labute approximate surface area is 155 Å². The minimum atomic E-state index is -0.143. The van der Waals surface area contributed by atoms with E-state index in [4.69, 9.17) is 0 Å². The van der Waals surface area contributed by atoms with Crippen molar-refractivity contribution in [2.24, 2.45) is 5.41 Å². The maximum Gasteiger partial charge on any atom is 0.305 e. The van der Waals surface area contributed by atoms with Gasteiger partial charge in [0.25, 0.3) is 0 Å². The zero-order valence-electron chi connectivity index (χ0n) is 15.7. The molecule has 1 atom stereocenters. The minimum Gasteiger partial charge on any atom is -0.469 e. The van der Waals surface area contributed by atoms with E-state index >= 15 is 0 Å². The maximum atomic E-state index is 12.9. The van der Waals surface area contributed by atoms with Gasteiger partial charge in [0.15, 0.2) is 5.78 Å². The van der Waals surface area contributed by atoms with Gasteiger partial charge in [-0.05, 0) is 50.9 Å². The Morgan fingerprint density at radius 3 is 2.69 bits per heavy atom. The van der Waals surface area contributed by atoms with Gasteiger partial charge in [-0.15, -0.1) is 0 Å². The molecule has 0 aromatic carbocycles. The highest BCUT2D eigenvalue weighted by atomic mass is 16.5. The third-order valence-corrected chi connectivity index (χ3v) is 5.83. The molecule has 0 amide bonds. The Balaban J connectivity index is 1.43. The molecule has 0 saturated carbocycles. The van der Waals surface area contributed by atoms with E-state index in [-0.39, 0.29) is 11.4 Å². The molecule has 1 spiro atoms. The molecule has 6 nitrogen and oxygen atoms in total. The number of carbonyl (C=O) groups is 2. The smallest absolute Gasteiger partial charge is 0.305 e. The van der Waals surface area contributed by atoms with E-state index in [0.717, 1.165) is 64.0 Å². The number of nitrogens with zero attached hydrogens (tertiary/aromatic N) is 3. The predicted octanol–water partition coefficient (Wildman–Crippen LogP) is 2.29. The number of hydrogen-bond donors (Lipinski definition) is 0. The first kappa shape index (κ1) is 18.8. The van der Waals surface area contributed by atoms with Crippen LogP contribution >= 0.6 is 0 Å². The van der Waals surface area contributed by atoms with Crippen LogP contribution in [0.25, 0.3) is 0 Å². The zero-order chi connectivity index (χ0) is 18.4. The lowest BCUT2D eigenvalue weighted by atomic mass is 9.76. The van der Waals surface area contributed by atoms with Gasteiger partial charge in [0, 0.05) is 43.0 Å². The van der Waals surface area contributed by atoms with Crippen molar-refractivity contribution in [3.05, 3.63) is 24.5 Å². The van der Waals surface area contributed by atoms with Crippen molar-refractivity contribution in [2.45, 2.75) is 38.5 Å². The molecule has 3 rings (SSSR count). The van der Waals surface area contributed by atoms with Crippen LogP contribution in [0.4, 0.5) is 5.69 Å². The quantitative estimate of drug-likeness (QED) is 0.550. The molecule has 0 N–H and O–H groups in total. The summed E-state index contributed by atoms with van der Waals surface area (Å²) in [6.07, 6.45) is 8.97. The molecule has 2 aliphatic rings. The molecule has 1 unspecified atom stereocenters. The fourth-order valence-corrected chi connectivity index (χ4v) is 4.15. The summed E-state index contributed by atoms with van der Waals surface area (Å²) < 4.78 is 4.66. The first-order valence-corrected chi connectivity index (χ1v) is 9.60. The van der Waals surface area contributed by atoms with Crippen molar-refractivity contribution in [1.29, 1.82) is 0 Å². The second-order valence-corrected chi connectivity index (χ2v) is 7.49. The Kier molecular flexibility index (Phi) is 6.25. The monoisotopic (exact) mass is 359 g/mol. The molecular formula is C20H29N3O3. The van der Waals surface area contributed by atoms with E-state index in [9.17, 15) is 9.59 Å². The number of methoxy groups -OCH3 is 1. The van der Waals surface area contributed by atoms with Crippen LogP contribution in [0.3, 0.4) is 0 Å². The average molecular weight is 359 g/mol. The number of ketones is 1. The Morgan fingerprint density at radius 2 is 1.96 bits per heavy atom. The lowest BCUT2D eigenvalue weighted by molar-refractivity contribution is -0.140. The first-order valence-electron chi connectivity index (χ1n) is 9.60. The van der Waals surface area contributed by atoms with Gasteiger partial charge in [-0.25, -0.2) is 0 Å². The van der Waals surface area contributed by atoms with Gasteiger partial charge < -0.3 is 14.5 Å². The molecule has 2 saturated heterocycles. The number of rotatable bonds is 7. The molecule has 0 bridgehead atoms. The second kappa shape index (κ2) is 8.62. The van der Waals surface area contributed by atoms with Crippen LogP contribution in [0, 0.1) is 5.41 Å². The van der Waals surface area contributed by atoms with Crippen LogP contribution in [-0.4, -0.2) is 61.5 Å². The van der Waals surface area contributed by atoms with E-state index in [0.29, 0.717) is 18.7 Å². The number of piperidine rings is 1. The van der Waals surface area contributed by atoms with Gasteiger partial charge in [-0.1, -0.05) is 6.42 Å². The number of unbranched alkanes of at least 4 members (excludes halogenated alkanes) is 2. The van der Waals surface area contributed by atoms with Crippen molar-refractivity contribution < 1.29 is 14.3 Å². The van der Waals surface area contributed by atoms with E-state index in [1.54, 1.807) is 12.4 Å². The zero-order valence-corrected chi connectivity index (χ0v) is 15.7. The molecule has 142 valence electrons. The van der Waals surface area contributed by atoms with Crippen LogP contribution in [0.5, 0.6) is 0 Å². The summed E-state index contributed by atoms with van der Waals surface area (Å²) in [5.74, 6) is 0.255. The maximum absolute atomic E-state index is 12.9. The summed E-state index contributed by atoms with van der Waals surface area (Å²) in [6.45, 7) is 4.37. The van der Waals surface area contributed by atoms with Crippen LogP contribution in [-0.2, 0) is 14.3 Å². The number of Topliss-reactive ketones (excluding diaryl/α,β-unsaturated/α-hetero) is 1. The fourth-order valence-electron chi connectivity index (χ4n) is 4.15. The van der Waals surface area contributed by atoms with Gasteiger partial charge in [-0.2, -0.15) is 0 Å². The molecule has 0 radical (unpaired) electrons. The van der Waals surface area contributed by atoms with Crippen molar-refractivity contribution >= 4 is 17.4 Å². The number of carbonyl (C=O) groups excluding carboxylic acids is 2. The van der Waals surface area contributed by atoms with Gasteiger partial charge in [-0.3, -0.25) is 14.6 Å². The number of hydrogen-bond acceptors (Lipinski definition) is 6. The summed E-state index contributed by atoms with van der Waals surface area (Å²) in [5.41, 5.74) is 0.943. The SMILES string of the molecule is COC(=O)CCCCCN1CCC2(CCN(c3ccncc3)CC2=O)C1. The Morgan fingerprint density at radius 1 is 1.19 bits per heavy atom. The highest BCUT2D eigenvalue weighted by Crippen LogP contribution is 2.39. The molecule has 0 aliphatic carbocycles. The molecule has 26 heavy (non-hydrogen) atoms. The summed E-state index contributed by atoms with van der Waals surface area (Å²) in [4.78, 5) is 32.7. The van der Waals surface area contributed by atoms with Gasteiger partial charge >= 0.3 is 5.97 Å². The predicted molar refractivity (Wildman–Crippen MR) is 100 cm³/mol. The van der Waals surface area contributed by atoms with Gasteiger partial charge in [0.1, 0.15) is 0 Å². The third-order valence-electron chi connectivity index (χ3n) is 5.83. The van der Waals surface area contributed by atoms with E-state index in [1.165, 1.54) is 7.11 Å². The highest BCUT2D eigenvalue weighted by molar-refractivity contribution is 5.90. The van der Waals surface area contributed by atoms with Crippen LogP contribution in [0.2, 0.25) is 0 Å². The van der Waals surface area contributed by atoms with Crippen molar-refractivity contribution in [3.63, 3.8) is 0 Å². The molecule has 2 aliphatic heterocycles. The second-order valence-electron chi connectivity index (χ2n) is 7.49. The molecule has 1 aromatic heterocycles. The number of ether oxygens (including phenoxy) is 1. The highest BCUT2D eigenvalue weighted by Gasteiger charge is 2.46. The largest absolute Gasteiger partial charge is 0.469 e. The number of anilines is 1. The van der Waals surface area contributed by atoms with Crippen molar-refractivity contribution in [3.8, 4) is 0 Å². The normalized spacial score (nSPS) is 23.6. The summed E-state index contributed by atoms with van der Waals surface area (Å²) in [7, 11) is 1.43. The molecular weight excluding hydrogens is 330 g/mol. The standard InChI is InChI=1S/C20H29N3O3/c1-26-19(25)5-3-2-4-12-22-13-8-20(16-22)9-14-23(15-18(20)24)17-6-10-21-11-7-17/h6-7,10-11H,2-5,8-9,12-16H2,1H3. The van der Waals surface area contributed by atoms with Crippen molar-refractivity contribution in [1.82, 2.24) is 9.88 Å². The summed E-state index contributed by atoms with van der Waals surface area (Å²) >= 11 is 0. The molecule has 1 aromatic rings.